The second kappa shape index (κ2) is 28.1. The fourth-order valence-corrected chi connectivity index (χ4v) is 12.6. The predicted molar refractivity (Wildman–Crippen MR) is 319 cm³/mol. The fourth-order valence-electron chi connectivity index (χ4n) is 12.1. The van der Waals surface area contributed by atoms with Crippen LogP contribution in [0, 0.1) is 23.7 Å². The average Bonchev–Trinajstić information content (AvgIpc) is 1.79. The molecule has 0 radical (unpaired) electrons. The molecule has 88 heavy (non-hydrogen) atoms. The van der Waals surface area contributed by atoms with Gasteiger partial charge in [-0.05, 0) is 97.9 Å². The lowest BCUT2D eigenvalue weighted by Gasteiger charge is -2.33. The maximum absolute atomic E-state index is 15.1. The smallest absolute Gasteiger partial charge is 0.370 e. The van der Waals surface area contributed by atoms with Gasteiger partial charge in [0.2, 0.25) is 41.4 Å². The number of benzene rings is 4. The molecule has 9 rings (SSSR count). The number of unbranched alkanes of at least 4 members (excludes halogenated alkanes) is 3. The van der Waals surface area contributed by atoms with E-state index in [-0.39, 0.29) is 85.9 Å². The van der Waals surface area contributed by atoms with Gasteiger partial charge in [0.15, 0.2) is 0 Å². The first-order valence-electron chi connectivity index (χ1n) is 29.8. The number of amides is 9. The number of alkyl halides is 2. The standard InChI is InChI=1S/C64H72F2N9O12P/c1-2-3-23-50(70-58(79)51-35-43-34-45(24-25-48(43)68-51)64(65,66)88(85,86)87)63(84)74-37-44(36-53(74)60(81)69-49(26-28-54(67)76)57(78)72-56(41-17-10-6-11-18-41)42-19-12-7-13-20-42)61(82)73-32-30-39(31-33-73)15-8-4-5-9-16-40-21-14-22-46-47(40)38-75(62(46)83)52-27-29-55(77)71-59(52)80/h6-7,10-14,17-22,24-25,34-35,39,44,49-50,52-53,56,68H,2-5,8,15,23,26-33,36-38H2,1H3,(H2,67,76)(H,69,81)(H,70,79)(H,72,78)(H,71,77,80)(H2,85,86,87)/t44-,49-,50+,52?,53+/m1/s1. The Kier molecular flexibility index (Phi) is 20.4. The number of aromatic amines is 1. The molecule has 5 atom stereocenters. The molecular weight excluding hydrogens is 1160 g/mol. The fraction of sp³-hybridized carbons (Fsp3) is 0.422. The van der Waals surface area contributed by atoms with Crippen molar-refractivity contribution in [1.82, 2.24) is 41.0 Å². The Hall–Kier alpha value is -8.58. The van der Waals surface area contributed by atoms with Gasteiger partial charge in [0, 0.05) is 73.0 Å². The number of halogens is 2. The minimum Gasteiger partial charge on any atom is -0.370 e. The van der Waals surface area contributed by atoms with Crippen LogP contribution in [0.1, 0.15) is 152 Å². The topological polar surface area (TPSA) is 311 Å². The van der Waals surface area contributed by atoms with Gasteiger partial charge in [-0.15, -0.1) is 0 Å². The number of nitrogens with one attached hydrogen (secondary N) is 5. The molecule has 9 N–H and O–H groups in total. The van der Waals surface area contributed by atoms with Crippen LogP contribution in [0.15, 0.2) is 103 Å². The lowest BCUT2D eigenvalue weighted by Crippen LogP contribution is -2.56. The third kappa shape index (κ3) is 14.9. The molecule has 0 aliphatic carbocycles. The van der Waals surface area contributed by atoms with E-state index in [0.29, 0.717) is 62.2 Å². The first-order chi connectivity index (χ1) is 42.1. The summed E-state index contributed by atoms with van der Waals surface area (Å²) in [7, 11) is -5.92. The van der Waals surface area contributed by atoms with Crippen LogP contribution in [0.3, 0.4) is 0 Å². The number of H-pyrrole nitrogens is 1. The highest BCUT2D eigenvalue weighted by molar-refractivity contribution is 7.52. The van der Waals surface area contributed by atoms with E-state index < -0.39 is 90.4 Å². The van der Waals surface area contributed by atoms with E-state index in [4.69, 9.17) is 5.73 Å². The summed E-state index contributed by atoms with van der Waals surface area (Å²) in [5.74, 6) is 0.842. The van der Waals surface area contributed by atoms with Crippen molar-refractivity contribution in [2.75, 3.05) is 19.6 Å². The number of nitrogens with two attached hydrogens (primary N) is 1. The molecular formula is C64H72F2N9O12P. The Balaban J connectivity index is 0.876. The van der Waals surface area contributed by atoms with Crippen LogP contribution in [0.5, 0.6) is 0 Å². The maximum Gasteiger partial charge on any atom is 0.399 e. The number of nitrogens with zero attached hydrogens (tertiary/aromatic N) is 3. The number of carbonyl (C=O) groups excluding carboxylic acids is 9. The number of piperidine rings is 2. The number of primary amides is 1. The highest BCUT2D eigenvalue weighted by Crippen LogP contribution is 2.59. The molecule has 3 saturated heterocycles. The lowest BCUT2D eigenvalue weighted by molar-refractivity contribution is -0.141. The van der Waals surface area contributed by atoms with Gasteiger partial charge >= 0.3 is 13.3 Å². The van der Waals surface area contributed by atoms with Crippen molar-refractivity contribution in [3.05, 3.63) is 142 Å². The average molecular weight is 1230 g/mol. The molecule has 5 heterocycles. The van der Waals surface area contributed by atoms with Gasteiger partial charge < -0.3 is 51.2 Å². The zero-order valence-electron chi connectivity index (χ0n) is 48.7. The number of carbonyl (C=O) groups is 9. The van der Waals surface area contributed by atoms with Crippen molar-refractivity contribution in [1.29, 1.82) is 0 Å². The Morgan fingerprint density at radius 1 is 0.830 bits per heavy atom. The summed E-state index contributed by atoms with van der Waals surface area (Å²) < 4.78 is 41.1. The highest BCUT2D eigenvalue weighted by atomic mass is 31.2. The number of fused-ring (bicyclic) bond motifs is 2. The Bertz CT molecular complexity index is 3540. The second-order valence-corrected chi connectivity index (χ2v) is 24.7. The number of rotatable bonds is 23. The first-order valence-corrected chi connectivity index (χ1v) is 31.4. The van der Waals surface area contributed by atoms with Crippen LogP contribution < -0.4 is 27.0 Å². The third-order valence-electron chi connectivity index (χ3n) is 17.0. The predicted octanol–water partition coefficient (Wildman–Crippen LogP) is 6.17. The van der Waals surface area contributed by atoms with Gasteiger partial charge in [0.25, 0.3) is 11.8 Å². The van der Waals surface area contributed by atoms with E-state index in [2.05, 4.69) is 38.1 Å². The summed E-state index contributed by atoms with van der Waals surface area (Å²) in [6, 6.07) is 22.3. The van der Waals surface area contributed by atoms with Gasteiger partial charge in [0.1, 0.15) is 29.9 Å². The Morgan fingerprint density at radius 2 is 1.53 bits per heavy atom. The van der Waals surface area contributed by atoms with Gasteiger partial charge in [-0.1, -0.05) is 117 Å². The molecule has 1 aromatic heterocycles. The van der Waals surface area contributed by atoms with Crippen molar-refractivity contribution in [2.45, 2.75) is 139 Å². The summed E-state index contributed by atoms with van der Waals surface area (Å²) in [6.07, 6.45) is 5.48. The van der Waals surface area contributed by atoms with Crippen molar-refractivity contribution in [2.24, 2.45) is 17.6 Å². The molecule has 5 aromatic rings. The zero-order valence-corrected chi connectivity index (χ0v) is 49.6. The highest BCUT2D eigenvalue weighted by Gasteiger charge is 2.51. The number of imide groups is 1. The van der Waals surface area contributed by atoms with Crippen molar-refractivity contribution >= 4 is 71.7 Å². The molecule has 24 heteroatoms. The van der Waals surface area contributed by atoms with E-state index in [1.807, 2.05) is 73.7 Å². The minimum absolute atomic E-state index is 0.0284. The maximum atomic E-state index is 15.1. The Morgan fingerprint density at radius 3 is 2.19 bits per heavy atom. The van der Waals surface area contributed by atoms with Crippen LogP contribution >= 0.6 is 7.60 Å². The molecule has 0 bridgehead atoms. The van der Waals surface area contributed by atoms with Crippen LogP contribution in [-0.2, 0) is 50.3 Å². The van der Waals surface area contributed by atoms with E-state index in [1.165, 1.54) is 15.9 Å². The summed E-state index contributed by atoms with van der Waals surface area (Å²) >= 11 is 0. The van der Waals surface area contributed by atoms with E-state index >= 15 is 4.79 Å². The molecule has 4 aliphatic rings. The largest absolute Gasteiger partial charge is 0.399 e. The normalized spacial score (nSPS) is 18.7. The molecule has 4 aromatic carbocycles. The second-order valence-electron chi connectivity index (χ2n) is 23.1. The number of likely N-dealkylation sites (tertiary alicyclic amines) is 2. The number of hydrogen-bond donors (Lipinski definition) is 8. The molecule has 9 amide bonds. The monoisotopic (exact) mass is 1230 g/mol. The molecule has 21 nitrogen and oxygen atoms in total. The summed E-state index contributed by atoms with van der Waals surface area (Å²) in [6.45, 7) is 2.73. The van der Waals surface area contributed by atoms with Gasteiger partial charge in [-0.25, -0.2) is 0 Å². The molecule has 3 fully saturated rings. The van der Waals surface area contributed by atoms with Crippen molar-refractivity contribution < 1.29 is 66.3 Å². The molecule has 0 saturated carbocycles. The lowest BCUT2D eigenvalue weighted by atomic mass is 9.90. The minimum atomic E-state index is -5.92. The van der Waals surface area contributed by atoms with Crippen LogP contribution in [0.2, 0.25) is 0 Å². The van der Waals surface area contributed by atoms with E-state index in [9.17, 15) is 61.5 Å². The van der Waals surface area contributed by atoms with E-state index in [0.717, 1.165) is 54.2 Å². The third-order valence-corrected chi connectivity index (χ3v) is 18.0. The summed E-state index contributed by atoms with van der Waals surface area (Å²) in [5.41, 5.74) is 3.55. The van der Waals surface area contributed by atoms with E-state index in [1.54, 1.807) is 17.0 Å². The van der Waals surface area contributed by atoms with Gasteiger partial charge in [-0.2, -0.15) is 8.78 Å². The van der Waals surface area contributed by atoms with Crippen molar-refractivity contribution in [3.8, 4) is 11.8 Å². The molecule has 464 valence electrons. The number of hydrogen-bond acceptors (Lipinski definition) is 10. The molecule has 4 aliphatic heterocycles. The SMILES string of the molecule is CCCC[C@H](NC(=O)c1cc2cc(C(F)(F)P(=O)(O)O)ccc2[nH]1)C(=O)N1C[C@H](C(=O)N2CCC(CCCCC#Cc3cccc4c3CN(C3CCC(=O)NC3=O)C4=O)CC2)C[C@H]1C(=O)N[C@H](CCC(N)=O)C(=O)NC(c1ccccc1)c1ccccc1. The number of aromatic nitrogens is 1. The summed E-state index contributed by atoms with van der Waals surface area (Å²) in [5, 5.41) is 10.9. The van der Waals surface area contributed by atoms with Crippen molar-refractivity contribution in [3.63, 3.8) is 0 Å². The van der Waals surface area contributed by atoms with Crippen LogP contribution in [-0.4, -0.2) is 126 Å². The quantitative estimate of drug-likeness (QED) is 0.0158. The molecule has 1 unspecified atom stereocenters. The zero-order chi connectivity index (χ0) is 62.9. The van der Waals surface area contributed by atoms with Crippen LogP contribution in [0.4, 0.5) is 8.78 Å². The van der Waals surface area contributed by atoms with Gasteiger partial charge in [0.05, 0.1) is 12.0 Å². The van der Waals surface area contributed by atoms with Crippen LogP contribution in [0.25, 0.3) is 10.9 Å². The van der Waals surface area contributed by atoms with Gasteiger partial charge in [-0.3, -0.25) is 53.0 Å². The first kappa shape index (κ1) is 63.9. The Labute approximate surface area is 507 Å². The summed E-state index contributed by atoms with van der Waals surface area (Å²) in [4.78, 5) is 149. The molecule has 0 spiro atoms.